The minimum absolute atomic E-state index is 0.324. The van der Waals surface area contributed by atoms with E-state index in [0.29, 0.717) is 23.7 Å². The monoisotopic (exact) mass is 266 g/mol. The van der Waals surface area contributed by atoms with Crippen LogP contribution in [-0.4, -0.2) is 49.1 Å². The average molecular weight is 266 g/mol. The van der Waals surface area contributed by atoms with Gasteiger partial charge in [0, 0.05) is 13.1 Å². The molecule has 3 N–H and O–H groups in total. The first-order chi connectivity index (χ1) is 9.08. The lowest BCUT2D eigenvalue weighted by Crippen LogP contribution is -2.25. The normalized spacial score (nSPS) is 10.5. The molecule has 0 aliphatic heterocycles. The molecule has 0 aliphatic carbocycles. The van der Waals surface area contributed by atoms with E-state index in [4.69, 9.17) is 10.5 Å². The number of esters is 1. The number of hydrogen-bond donors (Lipinski definition) is 2. The van der Waals surface area contributed by atoms with Crippen LogP contribution in [0, 0.1) is 0 Å². The van der Waals surface area contributed by atoms with Crippen LogP contribution in [0.15, 0.2) is 12.3 Å². The van der Waals surface area contributed by atoms with Crippen molar-refractivity contribution in [2.75, 3.05) is 44.3 Å². The molecule has 0 amide bonds. The van der Waals surface area contributed by atoms with Gasteiger partial charge in [-0.15, -0.1) is 0 Å². The molecule has 19 heavy (non-hydrogen) atoms. The van der Waals surface area contributed by atoms with E-state index in [-0.39, 0.29) is 0 Å². The van der Waals surface area contributed by atoms with Crippen molar-refractivity contribution in [3.8, 4) is 0 Å². The molecule has 0 bridgehead atoms. The fourth-order valence-corrected chi connectivity index (χ4v) is 1.48. The predicted molar refractivity (Wildman–Crippen MR) is 76.3 cm³/mol. The highest BCUT2D eigenvalue weighted by Crippen LogP contribution is 2.15. The van der Waals surface area contributed by atoms with Crippen molar-refractivity contribution in [3.63, 3.8) is 0 Å². The lowest BCUT2D eigenvalue weighted by molar-refractivity contribution is 0.0527. The zero-order chi connectivity index (χ0) is 14.3. The number of anilines is 2. The molecule has 0 saturated carbocycles. The molecule has 0 atom stereocenters. The Morgan fingerprint density at radius 1 is 1.53 bits per heavy atom. The summed E-state index contributed by atoms with van der Waals surface area (Å²) in [6.07, 6.45) is 1.47. The van der Waals surface area contributed by atoms with Crippen molar-refractivity contribution in [1.29, 1.82) is 0 Å². The lowest BCUT2D eigenvalue weighted by Gasteiger charge is -2.14. The molecule has 0 saturated heterocycles. The summed E-state index contributed by atoms with van der Waals surface area (Å²) in [4.78, 5) is 18.0. The molecule has 0 spiro atoms. The van der Waals surface area contributed by atoms with E-state index >= 15 is 0 Å². The summed E-state index contributed by atoms with van der Waals surface area (Å²) in [6.45, 7) is 6.83. The van der Waals surface area contributed by atoms with E-state index in [9.17, 15) is 4.79 Å². The first kappa shape index (κ1) is 15.2. The number of ether oxygens (including phenoxy) is 1. The Bertz CT molecular complexity index is 423. The third-order valence-electron chi connectivity index (χ3n) is 2.77. The predicted octanol–water partition coefficient (Wildman–Crippen LogP) is 1.20. The zero-order valence-corrected chi connectivity index (χ0v) is 11.8. The molecule has 1 aromatic heterocycles. The zero-order valence-electron chi connectivity index (χ0n) is 11.8. The number of nitrogen functional groups attached to an aromatic ring is 1. The minimum Gasteiger partial charge on any atom is -0.462 e. The Labute approximate surface area is 113 Å². The van der Waals surface area contributed by atoms with Gasteiger partial charge in [-0.2, -0.15) is 0 Å². The van der Waals surface area contributed by atoms with E-state index in [1.54, 1.807) is 13.0 Å². The van der Waals surface area contributed by atoms with Crippen molar-refractivity contribution in [3.05, 3.63) is 17.8 Å². The number of aromatic nitrogens is 1. The highest BCUT2D eigenvalue weighted by Gasteiger charge is 2.12. The van der Waals surface area contributed by atoms with Gasteiger partial charge in [0.1, 0.15) is 5.82 Å². The van der Waals surface area contributed by atoms with E-state index < -0.39 is 5.97 Å². The maximum atomic E-state index is 11.7. The summed E-state index contributed by atoms with van der Waals surface area (Å²) in [5.74, 6) is 0.206. The van der Waals surface area contributed by atoms with Crippen LogP contribution in [-0.2, 0) is 4.74 Å². The summed E-state index contributed by atoms with van der Waals surface area (Å²) in [5, 5.41) is 3.16. The average Bonchev–Trinajstić information content (AvgIpc) is 2.40. The van der Waals surface area contributed by atoms with Gasteiger partial charge in [0.15, 0.2) is 0 Å². The van der Waals surface area contributed by atoms with Crippen LogP contribution in [0.2, 0.25) is 0 Å². The molecular formula is C13H22N4O2. The Balaban J connectivity index is 2.65. The van der Waals surface area contributed by atoms with Crippen LogP contribution >= 0.6 is 0 Å². The highest BCUT2D eigenvalue weighted by atomic mass is 16.5. The van der Waals surface area contributed by atoms with Crippen LogP contribution in [0.1, 0.15) is 24.2 Å². The quantitative estimate of drug-likeness (QED) is 0.722. The Morgan fingerprint density at radius 3 is 2.89 bits per heavy atom. The fraction of sp³-hybridized carbons (Fsp3) is 0.538. The molecule has 6 nitrogen and oxygen atoms in total. The van der Waals surface area contributed by atoms with Crippen LogP contribution in [0.3, 0.4) is 0 Å². The van der Waals surface area contributed by atoms with Crippen LogP contribution in [0.4, 0.5) is 11.5 Å². The summed E-state index contributed by atoms with van der Waals surface area (Å²) in [6, 6.07) is 1.62. The number of likely N-dealkylation sites (N-methyl/N-ethyl adjacent to an activating group) is 1. The molecule has 0 aliphatic rings. The van der Waals surface area contributed by atoms with Crippen molar-refractivity contribution < 1.29 is 9.53 Å². The topological polar surface area (TPSA) is 80.5 Å². The van der Waals surface area contributed by atoms with Crippen LogP contribution < -0.4 is 11.1 Å². The summed E-state index contributed by atoms with van der Waals surface area (Å²) < 4.78 is 4.94. The van der Waals surface area contributed by atoms with Gasteiger partial charge in [-0.3, -0.25) is 0 Å². The van der Waals surface area contributed by atoms with Gasteiger partial charge in [0.2, 0.25) is 0 Å². The van der Waals surface area contributed by atoms with Gasteiger partial charge in [-0.25, -0.2) is 9.78 Å². The number of rotatable bonds is 7. The number of nitrogens with zero attached hydrogens (tertiary/aromatic N) is 2. The molecule has 1 heterocycles. The molecular weight excluding hydrogens is 244 g/mol. The van der Waals surface area contributed by atoms with E-state index in [0.717, 1.165) is 19.6 Å². The number of pyridine rings is 1. The molecule has 0 aromatic carbocycles. The van der Waals surface area contributed by atoms with Gasteiger partial charge in [-0.1, -0.05) is 6.92 Å². The number of hydrogen-bond acceptors (Lipinski definition) is 6. The van der Waals surface area contributed by atoms with E-state index in [1.807, 2.05) is 7.05 Å². The standard InChI is InChI=1S/C13H22N4O2/c1-4-17(3)7-6-15-12-8-10(11(14)9-16-12)13(18)19-5-2/h8-9H,4-7,14H2,1-3H3,(H,15,16). The smallest absolute Gasteiger partial charge is 0.340 e. The van der Waals surface area contributed by atoms with Crippen molar-refractivity contribution in [2.45, 2.75) is 13.8 Å². The second-order valence-electron chi connectivity index (χ2n) is 4.20. The molecule has 1 aromatic rings. The maximum absolute atomic E-state index is 11.7. The Hall–Kier alpha value is -1.82. The number of nitrogens with one attached hydrogen (secondary N) is 1. The minimum atomic E-state index is -0.420. The molecule has 0 fully saturated rings. The second kappa shape index (κ2) is 7.58. The van der Waals surface area contributed by atoms with Crippen molar-refractivity contribution in [1.82, 2.24) is 9.88 Å². The maximum Gasteiger partial charge on any atom is 0.340 e. The van der Waals surface area contributed by atoms with E-state index in [1.165, 1.54) is 6.20 Å². The third-order valence-corrected chi connectivity index (χ3v) is 2.77. The number of nitrogens with two attached hydrogens (primary N) is 1. The lowest BCUT2D eigenvalue weighted by atomic mass is 10.2. The Morgan fingerprint density at radius 2 is 2.26 bits per heavy atom. The van der Waals surface area contributed by atoms with Gasteiger partial charge in [0.05, 0.1) is 24.1 Å². The van der Waals surface area contributed by atoms with Crippen LogP contribution in [0.25, 0.3) is 0 Å². The molecule has 106 valence electrons. The van der Waals surface area contributed by atoms with Crippen LogP contribution in [0.5, 0.6) is 0 Å². The van der Waals surface area contributed by atoms with E-state index in [2.05, 4.69) is 22.1 Å². The second-order valence-corrected chi connectivity index (χ2v) is 4.20. The van der Waals surface area contributed by atoms with Gasteiger partial charge in [0.25, 0.3) is 0 Å². The number of carbonyl (C=O) groups excluding carboxylic acids is 1. The Kier molecular flexibility index (Phi) is 6.08. The third kappa shape index (κ3) is 4.75. The van der Waals surface area contributed by atoms with Gasteiger partial charge >= 0.3 is 5.97 Å². The molecule has 1 rings (SSSR count). The van der Waals surface area contributed by atoms with Crippen molar-refractivity contribution >= 4 is 17.5 Å². The number of carbonyl (C=O) groups is 1. The van der Waals surface area contributed by atoms with Crippen molar-refractivity contribution in [2.24, 2.45) is 0 Å². The SMILES string of the molecule is CCOC(=O)c1cc(NCCN(C)CC)ncc1N. The van der Waals surface area contributed by atoms with Gasteiger partial charge in [-0.05, 0) is 26.6 Å². The summed E-state index contributed by atoms with van der Waals surface area (Å²) in [7, 11) is 2.04. The first-order valence-corrected chi connectivity index (χ1v) is 6.43. The van der Waals surface area contributed by atoms with Gasteiger partial charge < -0.3 is 20.7 Å². The summed E-state index contributed by atoms with van der Waals surface area (Å²) in [5.41, 5.74) is 6.40. The molecule has 6 heteroatoms. The molecule has 0 unspecified atom stereocenters. The fourth-order valence-electron chi connectivity index (χ4n) is 1.48. The summed E-state index contributed by atoms with van der Waals surface area (Å²) >= 11 is 0. The first-order valence-electron chi connectivity index (χ1n) is 6.43. The molecule has 0 radical (unpaired) electrons. The largest absolute Gasteiger partial charge is 0.462 e. The highest BCUT2D eigenvalue weighted by molar-refractivity contribution is 5.95.